The first-order chi connectivity index (χ1) is 11.7. The van der Waals surface area contributed by atoms with Crippen molar-refractivity contribution in [2.75, 3.05) is 13.1 Å². The normalized spacial score (nSPS) is 24.3. The van der Waals surface area contributed by atoms with Crippen molar-refractivity contribution < 1.29 is 4.79 Å². The molecule has 0 spiro atoms. The molecule has 2 fully saturated rings. The van der Waals surface area contributed by atoms with E-state index in [0.29, 0.717) is 23.8 Å². The van der Waals surface area contributed by atoms with Crippen LogP contribution in [-0.2, 0) is 11.3 Å². The minimum atomic E-state index is 0.347. The maximum atomic E-state index is 12.2. The summed E-state index contributed by atoms with van der Waals surface area (Å²) in [6.07, 6.45) is 3.27. The van der Waals surface area contributed by atoms with Crippen molar-refractivity contribution in [3.63, 3.8) is 0 Å². The Hall–Kier alpha value is -1.87. The van der Waals surface area contributed by atoms with Crippen molar-refractivity contribution in [1.29, 1.82) is 0 Å². The predicted molar refractivity (Wildman–Crippen MR) is 97.7 cm³/mol. The number of rotatable bonds is 4. The summed E-state index contributed by atoms with van der Waals surface area (Å²) in [4.78, 5) is 14.3. The predicted octanol–water partition coefficient (Wildman–Crippen LogP) is 3.58. The molecule has 0 radical (unpaired) electrons. The summed E-state index contributed by atoms with van der Waals surface area (Å²) < 4.78 is 0. The highest BCUT2D eigenvalue weighted by molar-refractivity contribution is 5.83. The molecule has 2 aromatic carbocycles. The fourth-order valence-corrected chi connectivity index (χ4v) is 3.84. The zero-order valence-corrected chi connectivity index (χ0v) is 14.4. The Balaban J connectivity index is 1.34. The number of nitrogens with one attached hydrogen (secondary N) is 1. The maximum Gasteiger partial charge on any atom is 0.225 e. The molecule has 1 amide bonds. The van der Waals surface area contributed by atoms with Crippen LogP contribution in [-0.4, -0.2) is 29.9 Å². The van der Waals surface area contributed by atoms with Gasteiger partial charge in [0.15, 0.2) is 0 Å². The number of fused-ring (bicyclic) bond motifs is 1. The molecule has 2 aliphatic rings. The van der Waals surface area contributed by atoms with Gasteiger partial charge in [0.2, 0.25) is 5.91 Å². The fraction of sp³-hybridized carbons (Fsp3) is 0.476. The van der Waals surface area contributed by atoms with Crippen LogP contribution in [0.15, 0.2) is 42.5 Å². The molecule has 3 nitrogen and oxygen atoms in total. The highest BCUT2D eigenvalue weighted by Crippen LogP contribution is 2.32. The second-order valence-electron chi connectivity index (χ2n) is 7.49. The van der Waals surface area contributed by atoms with Crippen LogP contribution in [0.5, 0.6) is 0 Å². The molecule has 2 atom stereocenters. The van der Waals surface area contributed by atoms with Gasteiger partial charge in [-0.25, -0.2) is 0 Å². The Morgan fingerprint density at radius 1 is 1.12 bits per heavy atom. The second-order valence-corrected chi connectivity index (χ2v) is 7.49. The van der Waals surface area contributed by atoms with Gasteiger partial charge in [-0.2, -0.15) is 0 Å². The molecule has 1 N–H and O–H groups in total. The number of carbonyl (C=O) groups is 1. The molecule has 1 aliphatic carbocycles. The van der Waals surface area contributed by atoms with E-state index in [1.165, 1.54) is 16.3 Å². The number of piperidine rings is 1. The van der Waals surface area contributed by atoms with Gasteiger partial charge >= 0.3 is 0 Å². The molecule has 2 aromatic rings. The Kier molecular flexibility index (Phi) is 4.28. The summed E-state index contributed by atoms with van der Waals surface area (Å²) in [5, 5.41) is 6.31. The Morgan fingerprint density at radius 3 is 2.67 bits per heavy atom. The molecule has 0 bridgehead atoms. The zero-order chi connectivity index (χ0) is 16.5. The van der Waals surface area contributed by atoms with E-state index in [-0.39, 0.29) is 0 Å². The molecule has 126 valence electrons. The number of benzene rings is 2. The minimum Gasteiger partial charge on any atom is -0.342 e. The van der Waals surface area contributed by atoms with Crippen molar-refractivity contribution in [3.05, 3.63) is 48.0 Å². The first kappa shape index (κ1) is 15.6. The van der Waals surface area contributed by atoms with Crippen molar-refractivity contribution in [2.45, 2.75) is 38.8 Å². The monoisotopic (exact) mass is 322 g/mol. The number of amides is 1. The second kappa shape index (κ2) is 6.56. The van der Waals surface area contributed by atoms with E-state index in [0.717, 1.165) is 38.9 Å². The minimum absolute atomic E-state index is 0.347. The number of hydrogen-bond acceptors (Lipinski definition) is 2. The lowest BCUT2D eigenvalue weighted by Crippen LogP contribution is -2.50. The van der Waals surface area contributed by atoms with Crippen LogP contribution in [0.3, 0.4) is 0 Å². The SMILES string of the molecule is C[C@H]1CN(C(=O)C2CC2)CC[C@H]1NCc1ccc2ccccc2c1. The lowest BCUT2D eigenvalue weighted by Gasteiger charge is -2.37. The highest BCUT2D eigenvalue weighted by atomic mass is 16.2. The average Bonchev–Trinajstić information content (AvgIpc) is 3.45. The summed E-state index contributed by atoms with van der Waals surface area (Å²) in [6, 6.07) is 15.7. The summed E-state index contributed by atoms with van der Waals surface area (Å²) in [6.45, 7) is 4.99. The van der Waals surface area contributed by atoms with Gasteiger partial charge in [-0.15, -0.1) is 0 Å². The molecule has 0 unspecified atom stereocenters. The summed E-state index contributed by atoms with van der Waals surface area (Å²) in [5.41, 5.74) is 1.33. The molecule has 24 heavy (non-hydrogen) atoms. The Morgan fingerprint density at radius 2 is 1.92 bits per heavy atom. The standard InChI is InChI=1S/C21H26N2O/c1-15-14-23(21(24)18-8-9-18)11-10-20(15)22-13-16-6-7-17-4-2-3-5-19(17)12-16/h2-7,12,15,18,20,22H,8-11,13-14H2,1H3/t15-,20+/m0/s1. The van der Waals surface area contributed by atoms with Crippen LogP contribution < -0.4 is 5.32 Å². The largest absolute Gasteiger partial charge is 0.342 e. The molecular weight excluding hydrogens is 296 g/mol. The molecule has 1 saturated heterocycles. The van der Waals surface area contributed by atoms with E-state index in [4.69, 9.17) is 0 Å². The fourth-order valence-electron chi connectivity index (χ4n) is 3.84. The molecule has 0 aromatic heterocycles. The molecule has 3 heteroatoms. The van der Waals surface area contributed by atoms with E-state index in [9.17, 15) is 4.79 Å². The molecule has 4 rings (SSSR count). The number of likely N-dealkylation sites (tertiary alicyclic amines) is 1. The molecule has 1 saturated carbocycles. The van der Waals surface area contributed by atoms with E-state index >= 15 is 0 Å². The Labute approximate surface area is 144 Å². The van der Waals surface area contributed by atoms with Crippen LogP contribution >= 0.6 is 0 Å². The van der Waals surface area contributed by atoms with Crippen molar-refractivity contribution in [3.8, 4) is 0 Å². The Bertz CT molecular complexity index is 737. The van der Waals surface area contributed by atoms with E-state index < -0.39 is 0 Å². The van der Waals surface area contributed by atoms with Crippen molar-refractivity contribution in [1.82, 2.24) is 10.2 Å². The van der Waals surface area contributed by atoms with Crippen molar-refractivity contribution >= 4 is 16.7 Å². The topological polar surface area (TPSA) is 32.3 Å². The van der Waals surface area contributed by atoms with Crippen molar-refractivity contribution in [2.24, 2.45) is 11.8 Å². The average molecular weight is 322 g/mol. The zero-order valence-electron chi connectivity index (χ0n) is 14.4. The van der Waals surface area contributed by atoms with Crippen LogP contribution in [0.1, 0.15) is 31.7 Å². The van der Waals surface area contributed by atoms with Gasteiger partial charge in [-0.05, 0) is 47.6 Å². The maximum absolute atomic E-state index is 12.2. The van der Waals surface area contributed by atoms with Crippen LogP contribution in [0.4, 0.5) is 0 Å². The first-order valence-corrected chi connectivity index (χ1v) is 9.20. The van der Waals surface area contributed by atoms with E-state index in [1.54, 1.807) is 0 Å². The van der Waals surface area contributed by atoms with Gasteiger partial charge in [0.1, 0.15) is 0 Å². The van der Waals surface area contributed by atoms with E-state index in [1.807, 2.05) is 0 Å². The van der Waals surface area contributed by atoms with Crippen LogP contribution in [0.25, 0.3) is 10.8 Å². The van der Waals surface area contributed by atoms with Gasteiger partial charge in [0.25, 0.3) is 0 Å². The third kappa shape index (κ3) is 3.32. The molecule has 1 heterocycles. The summed E-state index contributed by atoms with van der Waals surface area (Å²) in [5.74, 6) is 1.26. The summed E-state index contributed by atoms with van der Waals surface area (Å²) in [7, 11) is 0. The molecular formula is C21H26N2O. The third-order valence-electron chi connectivity index (χ3n) is 5.53. The smallest absolute Gasteiger partial charge is 0.225 e. The molecule has 1 aliphatic heterocycles. The van der Waals surface area contributed by atoms with Gasteiger partial charge in [0, 0.05) is 31.6 Å². The summed E-state index contributed by atoms with van der Waals surface area (Å²) >= 11 is 0. The number of carbonyl (C=O) groups excluding carboxylic acids is 1. The first-order valence-electron chi connectivity index (χ1n) is 9.20. The number of nitrogens with zero attached hydrogens (tertiary/aromatic N) is 1. The van der Waals surface area contributed by atoms with Crippen LogP contribution in [0.2, 0.25) is 0 Å². The van der Waals surface area contributed by atoms with Gasteiger partial charge in [-0.1, -0.05) is 43.3 Å². The van der Waals surface area contributed by atoms with Gasteiger partial charge in [0.05, 0.1) is 0 Å². The van der Waals surface area contributed by atoms with Gasteiger partial charge < -0.3 is 10.2 Å². The third-order valence-corrected chi connectivity index (χ3v) is 5.53. The lowest BCUT2D eigenvalue weighted by atomic mass is 9.93. The van der Waals surface area contributed by atoms with Gasteiger partial charge in [-0.3, -0.25) is 4.79 Å². The van der Waals surface area contributed by atoms with E-state index in [2.05, 4.69) is 59.6 Å². The lowest BCUT2D eigenvalue weighted by molar-refractivity contribution is -0.134. The number of hydrogen-bond donors (Lipinski definition) is 1. The highest BCUT2D eigenvalue weighted by Gasteiger charge is 2.36. The quantitative estimate of drug-likeness (QED) is 0.933. The van der Waals surface area contributed by atoms with Crippen LogP contribution in [0, 0.1) is 11.8 Å².